The third-order valence-electron chi connectivity index (χ3n) is 2.68. The van der Waals surface area contributed by atoms with Gasteiger partial charge in [-0.3, -0.25) is 4.79 Å². The molecule has 1 aromatic carbocycles. The Morgan fingerprint density at radius 3 is 2.94 bits per heavy atom. The van der Waals surface area contributed by atoms with E-state index >= 15 is 0 Å². The second-order valence-corrected chi connectivity index (χ2v) is 4.01. The van der Waals surface area contributed by atoms with E-state index in [1.807, 2.05) is 18.2 Å². The largest absolute Gasteiger partial charge is 0.487 e. The lowest BCUT2D eigenvalue weighted by Crippen LogP contribution is -2.28. The van der Waals surface area contributed by atoms with Crippen LogP contribution < -0.4 is 4.74 Å². The van der Waals surface area contributed by atoms with Gasteiger partial charge in [0.15, 0.2) is 5.78 Å². The molecule has 0 amide bonds. The molecule has 0 spiro atoms. The lowest BCUT2D eigenvalue weighted by molar-refractivity contribution is 0.00712. The molecule has 0 aliphatic carbocycles. The zero-order valence-corrected chi connectivity index (χ0v) is 9.44. The van der Waals surface area contributed by atoms with E-state index in [-0.39, 0.29) is 11.9 Å². The number of rotatable bonds is 3. The molecule has 1 heterocycles. The second-order valence-electron chi connectivity index (χ2n) is 4.01. The van der Waals surface area contributed by atoms with Crippen molar-refractivity contribution in [3.05, 3.63) is 29.8 Å². The van der Waals surface area contributed by atoms with E-state index in [0.29, 0.717) is 17.9 Å². The first-order valence-corrected chi connectivity index (χ1v) is 5.62. The van der Waals surface area contributed by atoms with E-state index in [9.17, 15) is 4.79 Å². The van der Waals surface area contributed by atoms with Gasteiger partial charge in [-0.25, -0.2) is 0 Å². The van der Waals surface area contributed by atoms with E-state index in [4.69, 9.17) is 9.47 Å². The maximum atomic E-state index is 11.4. The SMILES string of the molecule is CC(=O)c1ccccc1OC1CCCOC1. The van der Waals surface area contributed by atoms with Crippen LogP contribution in [-0.4, -0.2) is 25.1 Å². The fraction of sp³-hybridized carbons (Fsp3) is 0.462. The molecular formula is C13H16O3. The van der Waals surface area contributed by atoms with E-state index in [1.54, 1.807) is 13.0 Å². The first kappa shape index (κ1) is 11.1. The normalized spacial score (nSPS) is 20.4. The number of Topliss-reactive ketones (excluding diaryl/α,β-unsaturated/α-hetero) is 1. The molecule has 1 atom stereocenters. The quantitative estimate of drug-likeness (QED) is 0.734. The summed E-state index contributed by atoms with van der Waals surface area (Å²) in [6.07, 6.45) is 2.09. The van der Waals surface area contributed by atoms with Gasteiger partial charge in [0.05, 0.1) is 12.2 Å². The van der Waals surface area contributed by atoms with Crippen molar-refractivity contribution in [2.24, 2.45) is 0 Å². The predicted octanol–water partition coefficient (Wildman–Crippen LogP) is 2.45. The van der Waals surface area contributed by atoms with Gasteiger partial charge in [0.25, 0.3) is 0 Å². The molecule has 1 aromatic rings. The molecule has 1 aliphatic rings. The standard InChI is InChI=1S/C13H16O3/c1-10(14)12-6-2-3-7-13(12)16-11-5-4-8-15-9-11/h2-3,6-7,11H,4-5,8-9H2,1H3. The van der Waals surface area contributed by atoms with Crippen LogP contribution in [0.3, 0.4) is 0 Å². The Balaban J connectivity index is 2.10. The van der Waals surface area contributed by atoms with Gasteiger partial charge >= 0.3 is 0 Å². The average molecular weight is 220 g/mol. The summed E-state index contributed by atoms with van der Waals surface area (Å²) in [5.74, 6) is 0.706. The van der Waals surface area contributed by atoms with Crippen LogP contribution in [0.25, 0.3) is 0 Å². The number of ketones is 1. The number of carbonyl (C=O) groups is 1. The zero-order valence-electron chi connectivity index (χ0n) is 9.44. The zero-order chi connectivity index (χ0) is 11.4. The molecule has 3 heteroatoms. The Hall–Kier alpha value is -1.35. The molecule has 1 aliphatic heterocycles. The molecule has 1 fully saturated rings. The first-order valence-electron chi connectivity index (χ1n) is 5.62. The number of hydrogen-bond acceptors (Lipinski definition) is 3. The summed E-state index contributed by atoms with van der Waals surface area (Å²) in [7, 11) is 0. The summed E-state index contributed by atoms with van der Waals surface area (Å²) in [6, 6.07) is 7.36. The highest BCUT2D eigenvalue weighted by molar-refractivity contribution is 5.96. The Kier molecular flexibility index (Phi) is 3.57. The average Bonchev–Trinajstić information content (AvgIpc) is 2.31. The minimum absolute atomic E-state index is 0.0346. The minimum atomic E-state index is 0.0346. The van der Waals surface area contributed by atoms with E-state index in [2.05, 4.69) is 0 Å². The van der Waals surface area contributed by atoms with E-state index in [0.717, 1.165) is 19.4 Å². The Morgan fingerprint density at radius 1 is 1.44 bits per heavy atom. The highest BCUT2D eigenvalue weighted by Crippen LogP contribution is 2.22. The summed E-state index contributed by atoms with van der Waals surface area (Å²) >= 11 is 0. The molecule has 0 bridgehead atoms. The summed E-state index contributed by atoms with van der Waals surface area (Å²) in [4.78, 5) is 11.4. The Morgan fingerprint density at radius 2 is 2.25 bits per heavy atom. The van der Waals surface area contributed by atoms with Gasteiger partial charge in [0.2, 0.25) is 0 Å². The number of ether oxygens (including phenoxy) is 2. The van der Waals surface area contributed by atoms with Gasteiger partial charge in [0.1, 0.15) is 11.9 Å². The minimum Gasteiger partial charge on any atom is -0.487 e. The van der Waals surface area contributed by atoms with Crippen LogP contribution in [0.2, 0.25) is 0 Å². The summed E-state index contributed by atoms with van der Waals surface area (Å²) in [6.45, 7) is 2.99. The molecule has 1 saturated heterocycles. The molecule has 1 unspecified atom stereocenters. The molecule has 2 rings (SSSR count). The van der Waals surface area contributed by atoms with Crippen molar-refractivity contribution in [2.45, 2.75) is 25.9 Å². The first-order chi connectivity index (χ1) is 7.77. The molecule has 3 nitrogen and oxygen atoms in total. The monoisotopic (exact) mass is 220 g/mol. The number of para-hydroxylation sites is 1. The van der Waals surface area contributed by atoms with Crippen molar-refractivity contribution in [1.29, 1.82) is 0 Å². The lowest BCUT2D eigenvalue weighted by atomic mass is 10.1. The summed E-state index contributed by atoms with van der Waals surface area (Å²) in [5, 5.41) is 0. The molecule has 0 aromatic heterocycles. The maximum Gasteiger partial charge on any atom is 0.163 e. The van der Waals surface area contributed by atoms with Gasteiger partial charge in [-0.15, -0.1) is 0 Å². The summed E-state index contributed by atoms with van der Waals surface area (Å²) in [5.41, 5.74) is 0.646. The highest BCUT2D eigenvalue weighted by atomic mass is 16.5. The fourth-order valence-corrected chi connectivity index (χ4v) is 1.84. The molecule has 16 heavy (non-hydrogen) atoms. The second kappa shape index (κ2) is 5.12. The van der Waals surface area contributed by atoms with Crippen LogP contribution in [0.4, 0.5) is 0 Å². The van der Waals surface area contributed by atoms with Gasteiger partial charge in [0, 0.05) is 6.61 Å². The molecule has 0 radical (unpaired) electrons. The van der Waals surface area contributed by atoms with E-state index in [1.165, 1.54) is 0 Å². The van der Waals surface area contributed by atoms with Crippen LogP contribution in [0.1, 0.15) is 30.1 Å². The third kappa shape index (κ3) is 2.61. The smallest absolute Gasteiger partial charge is 0.163 e. The van der Waals surface area contributed by atoms with Crippen LogP contribution in [0.5, 0.6) is 5.75 Å². The lowest BCUT2D eigenvalue weighted by Gasteiger charge is -2.24. The van der Waals surface area contributed by atoms with Crippen LogP contribution in [0, 0.1) is 0 Å². The molecule has 0 N–H and O–H groups in total. The Bertz CT molecular complexity index is 367. The van der Waals surface area contributed by atoms with Gasteiger partial charge in [-0.2, -0.15) is 0 Å². The van der Waals surface area contributed by atoms with Crippen molar-refractivity contribution in [3.8, 4) is 5.75 Å². The van der Waals surface area contributed by atoms with Crippen LogP contribution >= 0.6 is 0 Å². The Labute approximate surface area is 95.4 Å². The molecule has 86 valence electrons. The van der Waals surface area contributed by atoms with Crippen molar-refractivity contribution in [1.82, 2.24) is 0 Å². The van der Waals surface area contributed by atoms with Gasteiger partial charge in [-0.1, -0.05) is 12.1 Å². The highest BCUT2D eigenvalue weighted by Gasteiger charge is 2.17. The van der Waals surface area contributed by atoms with Crippen LogP contribution in [-0.2, 0) is 4.74 Å². The van der Waals surface area contributed by atoms with Crippen molar-refractivity contribution in [3.63, 3.8) is 0 Å². The van der Waals surface area contributed by atoms with Crippen molar-refractivity contribution >= 4 is 5.78 Å². The van der Waals surface area contributed by atoms with Gasteiger partial charge in [-0.05, 0) is 31.9 Å². The maximum absolute atomic E-state index is 11.4. The number of carbonyl (C=O) groups excluding carboxylic acids is 1. The number of benzene rings is 1. The molecular weight excluding hydrogens is 204 g/mol. The molecule has 0 saturated carbocycles. The fourth-order valence-electron chi connectivity index (χ4n) is 1.84. The predicted molar refractivity (Wildman–Crippen MR) is 60.9 cm³/mol. The van der Waals surface area contributed by atoms with E-state index < -0.39 is 0 Å². The van der Waals surface area contributed by atoms with Gasteiger partial charge < -0.3 is 9.47 Å². The third-order valence-corrected chi connectivity index (χ3v) is 2.68. The van der Waals surface area contributed by atoms with Crippen molar-refractivity contribution < 1.29 is 14.3 Å². The van der Waals surface area contributed by atoms with Crippen molar-refractivity contribution in [2.75, 3.05) is 13.2 Å². The van der Waals surface area contributed by atoms with Crippen LogP contribution in [0.15, 0.2) is 24.3 Å². The summed E-state index contributed by atoms with van der Waals surface area (Å²) < 4.78 is 11.1. The number of hydrogen-bond donors (Lipinski definition) is 0. The topological polar surface area (TPSA) is 35.5 Å².